The first-order valence-corrected chi connectivity index (χ1v) is 11.2. The van der Waals surface area contributed by atoms with Crippen LogP contribution in [-0.4, -0.2) is 66.3 Å². The van der Waals surface area contributed by atoms with Gasteiger partial charge in [-0.05, 0) is 17.5 Å². The molecule has 4 rings (SSSR count). The lowest BCUT2D eigenvalue weighted by Crippen LogP contribution is -2.47. The monoisotopic (exact) mass is 433 g/mol. The molecule has 0 aromatic heterocycles. The Labute approximate surface area is 190 Å². The predicted molar refractivity (Wildman–Crippen MR) is 125 cm³/mol. The highest BCUT2D eigenvalue weighted by Gasteiger charge is 2.43. The number of piperazine rings is 1. The van der Waals surface area contributed by atoms with E-state index >= 15 is 0 Å². The van der Waals surface area contributed by atoms with Gasteiger partial charge in [-0.3, -0.25) is 19.4 Å². The highest BCUT2D eigenvalue weighted by atomic mass is 16.5. The molecule has 2 aromatic rings. The van der Waals surface area contributed by atoms with E-state index in [1.165, 1.54) is 10.5 Å². The number of methoxy groups -OCH3 is 1. The Kier molecular flexibility index (Phi) is 6.61. The van der Waals surface area contributed by atoms with Gasteiger partial charge in [-0.2, -0.15) is 0 Å². The average Bonchev–Trinajstić information content (AvgIpc) is 3.04. The van der Waals surface area contributed by atoms with Crippen LogP contribution in [0.4, 0.5) is 0 Å². The first-order valence-electron chi connectivity index (χ1n) is 11.2. The van der Waals surface area contributed by atoms with Crippen molar-refractivity contribution >= 4 is 17.4 Å². The van der Waals surface area contributed by atoms with Gasteiger partial charge in [0, 0.05) is 44.8 Å². The van der Waals surface area contributed by atoms with Crippen molar-refractivity contribution in [2.24, 2.45) is 5.92 Å². The third-order valence-corrected chi connectivity index (χ3v) is 6.01. The second-order valence-electron chi connectivity index (χ2n) is 8.79. The molecule has 0 spiro atoms. The number of hydrogen-bond acceptors (Lipinski definition) is 5. The van der Waals surface area contributed by atoms with Crippen molar-refractivity contribution in [1.29, 1.82) is 0 Å². The number of hydrogen-bond donors (Lipinski definition) is 0. The van der Waals surface area contributed by atoms with Gasteiger partial charge in [0.25, 0.3) is 11.8 Å². The topological polar surface area (TPSA) is 53.1 Å². The molecular weight excluding hydrogens is 402 g/mol. The van der Waals surface area contributed by atoms with E-state index in [9.17, 15) is 9.59 Å². The molecule has 32 heavy (non-hydrogen) atoms. The quantitative estimate of drug-likeness (QED) is 0.628. The van der Waals surface area contributed by atoms with Gasteiger partial charge in [-0.25, -0.2) is 0 Å². The summed E-state index contributed by atoms with van der Waals surface area (Å²) >= 11 is 0. The summed E-state index contributed by atoms with van der Waals surface area (Å²) in [5.74, 6) is 0.384. The van der Waals surface area contributed by atoms with Crippen molar-refractivity contribution in [3.05, 3.63) is 71.4 Å². The zero-order valence-corrected chi connectivity index (χ0v) is 19.1. The lowest BCUT2D eigenvalue weighted by atomic mass is 10.0. The number of rotatable bonds is 7. The largest absolute Gasteiger partial charge is 0.496 e. The van der Waals surface area contributed by atoms with Crippen LogP contribution in [0.2, 0.25) is 0 Å². The molecule has 1 fully saturated rings. The molecule has 6 heteroatoms. The third-order valence-electron chi connectivity index (χ3n) is 6.01. The van der Waals surface area contributed by atoms with E-state index < -0.39 is 0 Å². The number of benzene rings is 2. The SMILES string of the molecule is COc1ccccc1C1=C(N2CCN(Cc3ccccc3)CC2)C(=O)N(CC(C)C)C1=O. The summed E-state index contributed by atoms with van der Waals surface area (Å²) in [5, 5.41) is 0. The maximum Gasteiger partial charge on any atom is 0.277 e. The highest BCUT2D eigenvalue weighted by molar-refractivity contribution is 6.36. The van der Waals surface area contributed by atoms with Crippen LogP contribution >= 0.6 is 0 Å². The van der Waals surface area contributed by atoms with Crippen molar-refractivity contribution in [3.63, 3.8) is 0 Å². The second-order valence-corrected chi connectivity index (χ2v) is 8.79. The van der Waals surface area contributed by atoms with Gasteiger partial charge in [0.05, 0.1) is 12.7 Å². The van der Waals surface area contributed by atoms with Crippen LogP contribution in [0.5, 0.6) is 5.75 Å². The number of nitrogens with zero attached hydrogens (tertiary/aromatic N) is 3. The average molecular weight is 434 g/mol. The number of ether oxygens (including phenoxy) is 1. The molecule has 2 heterocycles. The van der Waals surface area contributed by atoms with Crippen LogP contribution < -0.4 is 4.74 Å². The van der Waals surface area contributed by atoms with Gasteiger partial charge in [0.2, 0.25) is 0 Å². The first-order chi connectivity index (χ1) is 15.5. The fraction of sp³-hybridized carbons (Fsp3) is 0.385. The molecule has 2 aliphatic rings. The zero-order chi connectivity index (χ0) is 22.7. The lowest BCUT2D eigenvalue weighted by molar-refractivity contribution is -0.138. The molecule has 168 valence electrons. The standard InChI is InChI=1S/C26H31N3O3/c1-19(2)17-29-25(30)23(21-11-7-8-12-22(21)32-3)24(26(29)31)28-15-13-27(14-16-28)18-20-9-5-4-6-10-20/h4-12,19H,13-18H2,1-3H3. The molecule has 2 amide bonds. The molecule has 0 atom stereocenters. The van der Waals surface area contributed by atoms with Crippen molar-refractivity contribution in [3.8, 4) is 5.75 Å². The fourth-order valence-corrected chi connectivity index (χ4v) is 4.45. The first kappa shape index (κ1) is 22.1. The van der Waals surface area contributed by atoms with Gasteiger partial charge >= 0.3 is 0 Å². The highest BCUT2D eigenvalue weighted by Crippen LogP contribution is 2.36. The van der Waals surface area contributed by atoms with Gasteiger partial charge in [-0.1, -0.05) is 62.4 Å². The summed E-state index contributed by atoms with van der Waals surface area (Å²) in [6.07, 6.45) is 0. The molecule has 0 bridgehead atoms. The minimum Gasteiger partial charge on any atom is -0.496 e. The van der Waals surface area contributed by atoms with Crippen LogP contribution in [0, 0.1) is 5.92 Å². The van der Waals surface area contributed by atoms with E-state index in [0.29, 0.717) is 42.2 Å². The Morgan fingerprint density at radius 1 is 0.875 bits per heavy atom. The lowest BCUT2D eigenvalue weighted by Gasteiger charge is -2.36. The van der Waals surface area contributed by atoms with E-state index in [0.717, 1.165) is 19.6 Å². The van der Waals surface area contributed by atoms with Crippen molar-refractivity contribution < 1.29 is 14.3 Å². The smallest absolute Gasteiger partial charge is 0.277 e. The molecule has 0 N–H and O–H groups in total. The van der Waals surface area contributed by atoms with Crippen LogP contribution in [0.1, 0.15) is 25.0 Å². The van der Waals surface area contributed by atoms with Gasteiger partial charge < -0.3 is 9.64 Å². The van der Waals surface area contributed by atoms with Gasteiger partial charge in [0.1, 0.15) is 11.4 Å². The number of imide groups is 1. The minimum atomic E-state index is -0.227. The number of carbonyl (C=O) groups excluding carboxylic acids is 2. The maximum absolute atomic E-state index is 13.5. The summed E-state index contributed by atoms with van der Waals surface area (Å²) in [5.41, 5.74) is 2.94. The van der Waals surface area contributed by atoms with E-state index in [2.05, 4.69) is 34.1 Å². The Balaban J connectivity index is 1.62. The number of carbonyl (C=O) groups is 2. The fourth-order valence-electron chi connectivity index (χ4n) is 4.45. The van der Waals surface area contributed by atoms with Crippen molar-refractivity contribution in [2.45, 2.75) is 20.4 Å². The molecule has 0 radical (unpaired) electrons. The number of amides is 2. The molecule has 0 unspecified atom stereocenters. The maximum atomic E-state index is 13.5. The normalized spacial score (nSPS) is 17.6. The molecule has 6 nitrogen and oxygen atoms in total. The Morgan fingerprint density at radius 2 is 1.53 bits per heavy atom. The molecule has 0 saturated carbocycles. The van der Waals surface area contributed by atoms with Crippen LogP contribution in [0.15, 0.2) is 60.3 Å². The number of para-hydroxylation sites is 1. The third kappa shape index (κ3) is 4.41. The van der Waals surface area contributed by atoms with Gasteiger partial charge in [0.15, 0.2) is 0 Å². The van der Waals surface area contributed by atoms with Crippen LogP contribution in [0.25, 0.3) is 5.57 Å². The Hall–Kier alpha value is -3.12. The Morgan fingerprint density at radius 3 is 2.19 bits per heavy atom. The van der Waals surface area contributed by atoms with E-state index in [-0.39, 0.29) is 17.7 Å². The molecule has 2 aromatic carbocycles. The van der Waals surface area contributed by atoms with Crippen LogP contribution in [0.3, 0.4) is 0 Å². The summed E-state index contributed by atoms with van der Waals surface area (Å²) < 4.78 is 5.53. The van der Waals surface area contributed by atoms with E-state index in [4.69, 9.17) is 4.74 Å². The molecule has 0 aliphatic carbocycles. The molecular formula is C26H31N3O3. The van der Waals surface area contributed by atoms with Crippen molar-refractivity contribution in [2.75, 3.05) is 39.8 Å². The minimum absolute atomic E-state index is 0.193. The Bertz CT molecular complexity index is 1010. The van der Waals surface area contributed by atoms with E-state index in [1.807, 2.05) is 44.2 Å². The summed E-state index contributed by atoms with van der Waals surface area (Å²) in [4.78, 5) is 32.8. The summed E-state index contributed by atoms with van der Waals surface area (Å²) in [6, 6.07) is 17.9. The van der Waals surface area contributed by atoms with Crippen molar-refractivity contribution in [1.82, 2.24) is 14.7 Å². The van der Waals surface area contributed by atoms with Crippen LogP contribution in [-0.2, 0) is 16.1 Å². The molecule has 1 saturated heterocycles. The summed E-state index contributed by atoms with van der Waals surface area (Å²) in [6.45, 7) is 8.41. The second kappa shape index (κ2) is 9.57. The van der Waals surface area contributed by atoms with Gasteiger partial charge in [-0.15, -0.1) is 0 Å². The molecule has 2 aliphatic heterocycles. The van der Waals surface area contributed by atoms with E-state index in [1.54, 1.807) is 7.11 Å². The summed E-state index contributed by atoms with van der Waals surface area (Å²) in [7, 11) is 1.59. The predicted octanol–water partition coefficient (Wildman–Crippen LogP) is 3.25. The zero-order valence-electron chi connectivity index (χ0n) is 19.1.